The molecule has 1 saturated carbocycles. The van der Waals surface area contributed by atoms with Gasteiger partial charge in [-0.3, -0.25) is 4.98 Å². The van der Waals surface area contributed by atoms with E-state index in [1.54, 1.807) is 0 Å². The van der Waals surface area contributed by atoms with Crippen LogP contribution in [0.2, 0.25) is 0 Å². The van der Waals surface area contributed by atoms with Crippen molar-refractivity contribution in [3.63, 3.8) is 0 Å². The standard InChI is InChI=1S/C12H19N3/c1-9-8-14-6-5-11(9)15(2)12(7-13)10-3-4-10/h5-6,8,10,12H,3-4,7,13H2,1-2H3. The summed E-state index contributed by atoms with van der Waals surface area (Å²) in [7, 11) is 2.14. The highest BCUT2D eigenvalue weighted by atomic mass is 15.2. The molecule has 1 aromatic rings. The summed E-state index contributed by atoms with van der Waals surface area (Å²) >= 11 is 0. The Labute approximate surface area is 91.3 Å². The van der Waals surface area contributed by atoms with Crippen LogP contribution >= 0.6 is 0 Å². The van der Waals surface area contributed by atoms with E-state index in [1.807, 2.05) is 12.4 Å². The van der Waals surface area contributed by atoms with Crippen LogP contribution in [0.15, 0.2) is 18.5 Å². The number of rotatable bonds is 4. The van der Waals surface area contributed by atoms with Gasteiger partial charge in [-0.1, -0.05) is 0 Å². The second kappa shape index (κ2) is 4.19. The molecular weight excluding hydrogens is 186 g/mol. The molecule has 0 aliphatic heterocycles. The van der Waals surface area contributed by atoms with Crippen molar-refractivity contribution < 1.29 is 0 Å². The van der Waals surface area contributed by atoms with Gasteiger partial charge in [0.2, 0.25) is 0 Å². The summed E-state index contributed by atoms with van der Waals surface area (Å²) in [6.45, 7) is 2.84. The average Bonchev–Trinajstić information content (AvgIpc) is 3.03. The predicted octanol–water partition coefficient (Wildman–Crippen LogP) is 1.56. The summed E-state index contributed by atoms with van der Waals surface area (Å²) in [6, 6.07) is 2.56. The Kier molecular flexibility index (Phi) is 2.91. The van der Waals surface area contributed by atoms with Crippen LogP contribution in [0.25, 0.3) is 0 Å². The van der Waals surface area contributed by atoms with Crippen molar-refractivity contribution in [3.05, 3.63) is 24.0 Å². The van der Waals surface area contributed by atoms with Gasteiger partial charge in [-0.25, -0.2) is 0 Å². The number of aryl methyl sites for hydroxylation is 1. The van der Waals surface area contributed by atoms with Crippen LogP contribution in [0.5, 0.6) is 0 Å². The van der Waals surface area contributed by atoms with Crippen LogP contribution < -0.4 is 10.6 Å². The van der Waals surface area contributed by atoms with Crippen molar-refractivity contribution >= 4 is 5.69 Å². The minimum absolute atomic E-state index is 0.492. The Morgan fingerprint density at radius 2 is 2.33 bits per heavy atom. The zero-order valence-electron chi connectivity index (χ0n) is 9.48. The van der Waals surface area contributed by atoms with Gasteiger partial charge in [0.25, 0.3) is 0 Å². The highest BCUT2D eigenvalue weighted by Gasteiger charge is 2.33. The lowest BCUT2D eigenvalue weighted by Crippen LogP contribution is -2.40. The Morgan fingerprint density at radius 1 is 1.60 bits per heavy atom. The van der Waals surface area contributed by atoms with E-state index in [-0.39, 0.29) is 0 Å². The molecule has 2 N–H and O–H groups in total. The first kappa shape index (κ1) is 10.4. The average molecular weight is 205 g/mol. The molecule has 82 valence electrons. The van der Waals surface area contributed by atoms with E-state index in [0.717, 1.165) is 12.5 Å². The molecule has 1 fully saturated rings. The number of nitrogens with two attached hydrogens (primary N) is 1. The summed E-state index contributed by atoms with van der Waals surface area (Å²) in [5.41, 5.74) is 8.32. The van der Waals surface area contributed by atoms with E-state index < -0.39 is 0 Å². The van der Waals surface area contributed by atoms with Crippen molar-refractivity contribution in [2.24, 2.45) is 11.7 Å². The van der Waals surface area contributed by atoms with Gasteiger partial charge in [0, 0.05) is 37.7 Å². The molecule has 0 bridgehead atoms. The van der Waals surface area contributed by atoms with E-state index >= 15 is 0 Å². The topological polar surface area (TPSA) is 42.2 Å². The maximum Gasteiger partial charge on any atom is 0.0437 e. The van der Waals surface area contributed by atoms with E-state index in [2.05, 4.69) is 29.9 Å². The van der Waals surface area contributed by atoms with Crippen LogP contribution in [0.3, 0.4) is 0 Å². The van der Waals surface area contributed by atoms with Crippen molar-refractivity contribution in [2.75, 3.05) is 18.5 Å². The minimum atomic E-state index is 0.492. The number of hydrogen-bond acceptors (Lipinski definition) is 3. The summed E-state index contributed by atoms with van der Waals surface area (Å²) < 4.78 is 0. The van der Waals surface area contributed by atoms with E-state index in [1.165, 1.54) is 24.1 Å². The second-order valence-electron chi connectivity index (χ2n) is 4.41. The lowest BCUT2D eigenvalue weighted by Gasteiger charge is -2.30. The van der Waals surface area contributed by atoms with Gasteiger partial charge in [-0.05, 0) is 37.3 Å². The monoisotopic (exact) mass is 205 g/mol. The summed E-state index contributed by atoms with van der Waals surface area (Å²) in [5.74, 6) is 0.799. The molecule has 1 heterocycles. The molecular formula is C12H19N3. The molecule has 1 atom stereocenters. The molecule has 3 heteroatoms. The lowest BCUT2D eigenvalue weighted by atomic mass is 10.1. The smallest absolute Gasteiger partial charge is 0.0437 e. The number of nitrogens with zero attached hydrogens (tertiary/aromatic N) is 2. The molecule has 0 saturated heterocycles. The Balaban J connectivity index is 2.18. The lowest BCUT2D eigenvalue weighted by molar-refractivity contribution is 0.569. The van der Waals surface area contributed by atoms with Crippen molar-refractivity contribution in [2.45, 2.75) is 25.8 Å². The zero-order chi connectivity index (χ0) is 10.8. The first-order valence-electron chi connectivity index (χ1n) is 5.57. The van der Waals surface area contributed by atoms with Crippen LogP contribution in [0, 0.1) is 12.8 Å². The van der Waals surface area contributed by atoms with Gasteiger partial charge in [0.1, 0.15) is 0 Å². The van der Waals surface area contributed by atoms with E-state index in [9.17, 15) is 0 Å². The first-order chi connectivity index (χ1) is 7.24. The fraction of sp³-hybridized carbons (Fsp3) is 0.583. The van der Waals surface area contributed by atoms with Gasteiger partial charge in [0.15, 0.2) is 0 Å². The van der Waals surface area contributed by atoms with Crippen molar-refractivity contribution in [1.82, 2.24) is 4.98 Å². The molecule has 15 heavy (non-hydrogen) atoms. The fourth-order valence-corrected chi connectivity index (χ4v) is 2.19. The SMILES string of the molecule is Cc1cnccc1N(C)C(CN)C1CC1. The number of likely N-dealkylation sites (N-methyl/N-ethyl adjacent to an activating group) is 1. The molecule has 1 aliphatic rings. The normalized spacial score (nSPS) is 17.5. The van der Waals surface area contributed by atoms with Gasteiger partial charge in [0.05, 0.1) is 0 Å². The molecule has 1 unspecified atom stereocenters. The predicted molar refractivity (Wildman–Crippen MR) is 62.9 cm³/mol. The Morgan fingerprint density at radius 3 is 2.87 bits per heavy atom. The zero-order valence-corrected chi connectivity index (χ0v) is 9.48. The molecule has 0 radical (unpaired) electrons. The Hall–Kier alpha value is -1.09. The van der Waals surface area contributed by atoms with Crippen LogP contribution in [0.4, 0.5) is 5.69 Å². The number of aromatic nitrogens is 1. The van der Waals surface area contributed by atoms with Gasteiger partial charge in [-0.2, -0.15) is 0 Å². The van der Waals surface area contributed by atoms with Crippen molar-refractivity contribution in [1.29, 1.82) is 0 Å². The maximum absolute atomic E-state index is 5.84. The van der Waals surface area contributed by atoms with Gasteiger partial charge >= 0.3 is 0 Å². The largest absolute Gasteiger partial charge is 0.370 e. The number of pyridine rings is 1. The molecule has 0 aromatic carbocycles. The molecule has 2 rings (SSSR count). The summed E-state index contributed by atoms with van der Waals surface area (Å²) in [4.78, 5) is 6.43. The molecule has 3 nitrogen and oxygen atoms in total. The van der Waals surface area contributed by atoms with Gasteiger partial charge < -0.3 is 10.6 Å². The fourth-order valence-electron chi connectivity index (χ4n) is 2.19. The molecule has 0 amide bonds. The molecule has 1 aliphatic carbocycles. The highest BCUT2D eigenvalue weighted by molar-refractivity contribution is 5.52. The minimum Gasteiger partial charge on any atom is -0.370 e. The Bertz CT molecular complexity index is 333. The third-order valence-corrected chi connectivity index (χ3v) is 3.28. The number of hydrogen-bond donors (Lipinski definition) is 1. The van der Waals surface area contributed by atoms with Gasteiger partial charge in [-0.15, -0.1) is 0 Å². The number of anilines is 1. The third-order valence-electron chi connectivity index (χ3n) is 3.28. The van der Waals surface area contributed by atoms with E-state index in [4.69, 9.17) is 5.73 Å². The van der Waals surface area contributed by atoms with Crippen LogP contribution in [0.1, 0.15) is 18.4 Å². The first-order valence-corrected chi connectivity index (χ1v) is 5.57. The maximum atomic E-state index is 5.84. The summed E-state index contributed by atoms with van der Waals surface area (Å²) in [6.07, 6.45) is 6.41. The van der Waals surface area contributed by atoms with Crippen LogP contribution in [-0.4, -0.2) is 24.6 Å². The summed E-state index contributed by atoms with van der Waals surface area (Å²) in [5, 5.41) is 0. The molecule has 0 spiro atoms. The van der Waals surface area contributed by atoms with Crippen molar-refractivity contribution in [3.8, 4) is 0 Å². The quantitative estimate of drug-likeness (QED) is 0.811. The molecule has 1 aromatic heterocycles. The second-order valence-corrected chi connectivity index (χ2v) is 4.41. The highest BCUT2D eigenvalue weighted by Crippen LogP contribution is 2.36. The van der Waals surface area contributed by atoms with Crippen LogP contribution in [-0.2, 0) is 0 Å². The third kappa shape index (κ3) is 2.12. The van der Waals surface area contributed by atoms with E-state index in [0.29, 0.717) is 6.04 Å².